The molecule has 1 N–H and O–H groups in total. The molecule has 0 fully saturated rings. The van der Waals surface area contributed by atoms with E-state index in [0.717, 1.165) is 17.0 Å². The molecule has 0 amide bonds. The highest BCUT2D eigenvalue weighted by Gasteiger charge is 2.22. The first-order chi connectivity index (χ1) is 7.22. The SMILES string of the molecule is CCNC(c1ccc(Br)o1)C(CC)CC. The lowest BCUT2D eigenvalue weighted by Gasteiger charge is -2.24. The zero-order chi connectivity index (χ0) is 11.3. The zero-order valence-corrected chi connectivity index (χ0v) is 11.3. The minimum absolute atomic E-state index is 0.344. The van der Waals surface area contributed by atoms with E-state index in [2.05, 4.69) is 48.1 Å². The topological polar surface area (TPSA) is 25.2 Å². The van der Waals surface area contributed by atoms with Crippen molar-refractivity contribution in [2.45, 2.75) is 39.7 Å². The number of rotatable bonds is 6. The molecule has 0 aliphatic rings. The molecule has 0 aliphatic heterocycles. The van der Waals surface area contributed by atoms with Crippen LogP contribution in [-0.4, -0.2) is 6.54 Å². The summed E-state index contributed by atoms with van der Waals surface area (Å²) in [5.74, 6) is 1.68. The number of halogens is 1. The molecule has 1 atom stereocenters. The van der Waals surface area contributed by atoms with Crippen LogP contribution >= 0.6 is 15.9 Å². The fourth-order valence-electron chi connectivity index (χ4n) is 1.97. The van der Waals surface area contributed by atoms with E-state index >= 15 is 0 Å². The van der Waals surface area contributed by atoms with Crippen LogP contribution in [0, 0.1) is 5.92 Å². The summed E-state index contributed by atoms with van der Waals surface area (Å²) >= 11 is 3.35. The van der Waals surface area contributed by atoms with E-state index in [-0.39, 0.29) is 0 Å². The van der Waals surface area contributed by atoms with E-state index < -0.39 is 0 Å². The third kappa shape index (κ3) is 3.35. The van der Waals surface area contributed by atoms with Gasteiger partial charge >= 0.3 is 0 Å². The predicted molar refractivity (Wildman–Crippen MR) is 66.9 cm³/mol. The van der Waals surface area contributed by atoms with Crippen LogP contribution < -0.4 is 5.32 Å². The summed E-state index contributed by atoms with van der Waals surface area (Å²) in [5, 5.41) is 3.50. The molecule has 3 heteroatoms. The van der Waals surface area contributed by atoms with E-state index in [9.17, 15) is 0 Å². The normalized spacial score (nSPS) is 13.4. The summed E-state index contributed by atoms with van der Waals surface area (Å²) in [6, 6.07) is 4.36. The second-order valence-electron chi connectivity index (χ2n) is 3.75. The molecule has 15 heavy (non-hydrogen) atoms. The molecule has 0 saturated heterocycles. The molecule has 0 aromatic carbocycles. The number of hydrogen-bond acceptors (Lipinski definition) is 2. The van der Waals surface area contributed by atoms with Gasteiger partial charge in [0.15, 0.2) is 4.67 Å². The summed E-state index contributed by atoms with van der Waals surface area (Å²) in [4.78, 5) is 0. The van der Waals surface area contributed by atoms with Crippen LogP contribution in [0.3, 0.4) is 0 Å². The van der Waals surface area contributed by atoms with Crippen LogP contribution in [0.4, 0.5) is 0 Å². The minimum Gasteiger partial charge on any atom is -0.453 e. The van der Waals surface area contributed by atoms with Crippen molar-refractivity contribution in [3.05, 3.63) is 22.6 Å². The largest absolute Gasteiger partial charge is 0.453 e. The molecule has 1 heterocycles. The zero-order valence-electron chi connectivity index (χ0n) is 9.72. The third-order valence-corrected chi connectivity index (χ3v) is 3.27. The Balaban J connectivity index is 2.81. The Morgan fingerprint density at radius 2 is 1.93 bits per heavy atom. The van der Waals surface area contributed by atoms with Gasteiger partial charge in [-0.05, 0) is 40.5 Å². The van der Waals surface area contributed by atoms with Gasteiger partial charge in [-0.1, -0.05) is 33.6 Å². The maximum atomic E-state index is 5.64. The predicted octanol–water partition coefficient (Wildman–Crippen LogP) is 4.13. The summed E-state index contributed by atoms with van der Waals surface area (Å²) in [6.07, 6.45) is 2.35. The molecule has 0 saturated carbocycles. The highest BCUT2D eigenvalue weighted by molar-refractivity contribution is 9.10. The summed E-state index contributed by atoms with van der Waals surface area (Å²) < 4.78 is 6.45. The van der Waals surface area contributed by atoms with Crippen molar-refractivity contribution in [1.82, 2.24) is 5.32 Å². The van der Waals surface area contributed by atoms with Crippen molar-refractivity contribution < 1.29 is 4.42 Å². The Morgan fingerprint density at radius 1 is 1.27 bits per heavy atom. The molecule has 1 rings (SSSR count). The first-order valence-electron chi connectivity index (χ1n) is 5.71. The second-order valence-corrected chi connectivity index (χ2v) is 4.54. The maximum Gasteiger partial charge on any atom is 0.169 e. The molecular formula is C12H20BrNO. The first kappa shape index (κ1) is 12.8. The van der Waals surface area contributed by atoms with Crippen LogP contribution in [0.1, 0.15) is 45.4 Å². The molecule has 0 radical (unpaired) electrons. The van der Waals surface area contributed by atoms with Crippen molar-refractivity contribution in [3.63, 3.8) is 0 Å². The monoisotopic (exact) mass is 273 g/mol. The average Bonchev–Trinajstić information content (AvgIpc) is 2.65. The third-order valence-electron chi connectivity index (χ3n) is 2.84. The van der Waals surface area contributed by atoms with Gasteiger partial charge in [-0.2, -0.15) is 0 Å². The van der Waals surface area contributed by atoms with Crippen LogP contribution in [0.2, 0.25) is 0 Å². The fourth-order valence-corrected chi connectivity index (χ4v) is 2.29. The minimum atomic E-state index is 0.344. The van der Waals surface area contributed by atoms with Crippen LogP contribution in [-0.2, 0) is 0 Å². The van der Waals surface area contributed by atoms with Gasteiger partial charge < -0.3 is 9.73 Å². The highest BCUT2D eigenvalue weighted by Crippen LogP contribution is 2.29. The van der Waals surface area contributed by atoms with Crippen LogP contribution in [0.15, 0.2) is 21.2 Å². The van der Waals surface area contributed by atoms with Gasteiger partial charge in [0.2, 0.25) is 0 Å². The van der Waals surface area contributed by atoms with Crippen LogP contribution in [0.25, 0.3) is 0 Å². The van der Waals surface area contributed by atoms with E-state index in [1.54, 1.807) is 0 Å². The van der Waals surface area contributed by atoms with Gasteiger partial charge in [-0.3, -0.25) is 0 Å². The lowest BCUT2D eigenvalue weighted by molar-refractivity contribution is 0.295. The lowest BCUT2D eigenvalue weighted by atomic mass is 9.92. The quantitative estimate of drug-likeness (QED) is 0.843. The second kappa shape index (κ2) is 6.33. The van der Waals surface area contributed by atoms with E-state index in [0.29, 0.717) is 12.0 Å². The van der Waals surface area contributed by atoms with Gasteiger partial charge in [0.1, 0.15) is 5.76 Å². The Labute approximate surface area is 101 Å². The fraction of sp³-hybridized carbons (Fsp3) is 0.667. The molecule has 0 spiro atoms. The van der Waals surface area contributed by atoms with Crippen LogP contribution in [0.5, 0.6) is 0 Å². The number of nitrogens with one attached hydrogen (secondary N) is 1. The smallest absolute Gasteiger partial charge is 0.169 e. The molecular weight excluding hydrogens is 254 g/mol. The Bertz CT molecular complexity index is 281. The van der Waals surface area contributed by atoms with Gasteiger partial charge in [0.05, 0.1) is 6.04 Å². The summed E-state index contributed by atoms with van der Waals surface area (Å²) in [5.41, 5.74) is 0. The van der Waals surface area contributed by atoms with Crippen molar-refractivity contribution in [2.24, 2.45) is 5.92 Å². The Hall–Kier alpha value is -0.280. The molecule has 0 aliphatic carbocycles. The maximum absolute atomic E-state index is 5.64. The van der Waals surface area contributed by atoms with E-state index in [1.807, 2.05) is 6.07 Å². The first-order valence-corrected chi connectivity index (χ1v) is 6.50. The molecule has 1 aromatic rings. The van der Waals surface area contributed by atoms with Crippen molar-refractivity contribution in [1.29, 1.82) is 0 Å². The van der Waals surface area contributed by atoms with Gasteiger partial charge in [-0.25, -0.2) is 0 Å². The summed E-state index contributed by atoms with van der Waals surface area (Å²) in [7, 11) is 0. The van der Waals surface area contributed by atoms with Crippen molar-refractivity contribution in [3.8, 4) is 0 Å². The molecule has 1 aromatic heterocycles. The van der Waals surface area contributed by atoms with Gasteiger partial charge in [-0.15, -0.1) is 0 Å². The Morgan fingerprint density at radius 3 is 2.33 bits per heavy atom. The van der Waals surface area contributed by atoms with Gasteiger partial charge in [0, 0.05) is 0 Å². The highest BCUT2D eigenvalue weighted by atomic mass is 79.9. The lowest BCUT2D eigenvalue weighted by Crippen LogP contribution is -2.27. The van der Waals surface area contributed by atoms with E-state index in [1.165, 1.54) is 12.8 Å². The number of hydrogen-bond donors (Lipinski definition) is 1. The van der Waals surface area contributed by atoms with Gasteiger partial charge in [0.25, 0.3) is 0 Å². The Kier molecular flexibility index (Phi) is 5.40. The van der Waals surface area contributed by atoms with Crippen molar-refractivity contribution >= 4 is 15.9 Å². The molecule has 0 bridgehead atoms. The number of furan rings is 1. The summed E-state index contributed by atoms with van der Waals surface area (Å²) in [6.45, 7) is 7.57. The molecule has 1 unspecified atom stereocenters. The van der Waals surface area contributed by atoms with E-state index in [4.69, 9.17) is 4.42 Å². The van der Waals surface area contributed by atoms with Crippen molar-refractivity contribution in [2.75, 3.05) is 6.54 Å². The average molecular weight is 274 g/mol. The molecule has 86 valence electrons. The standard InChI is InChI=1S/C12H20BrNO/c1-4-9(5-2)12(14-6-3)10-7-8-11(13)15-10/h7-9,12,14H,4-6H2,1-3H3. The molecule has 2 nitrogen and oxygen atoms in total.